The smallest absolute Gasteiger partial charge is 0.254 e. The highest BCUT2D eigenvalue weighted by atomic mass is 16.2. The number of carbonyl (C=O) groups excluding carboxylic acids is 2. The van der Waals surface area contributed by atoms with E-state index in [1.807, 2.05) is 73.7 Å². The zero-order chi connectivity index (χ0) is 19.1. The first-order valence-corrected chi connectivity index (χ1v) is 9.60. The lowest BCUT2D eigenvalue weighted by atomic mass is 10.1. The van der Waals surface area contributed by atoms with Crippen LogP contribution >= 0.6 is 0 Å². The van der Waals surface area contributed by atoms with Gasteiger partial charge >= 0.3 is 0 Å². The first-order valence-electron chi connectivity index (χ1n) is 9.60. The molecule has 1 atom stereocenters. The van der Waals surface area contributed by atoms with Crippen LogP contribution in [0.4, 0.5) is 5.69 Å². The number of amides is 2. The summed E-state index contributed by atoms with van der Waals surface area (Å²) in [5, 5.41) is 2.99. The Kier molecular flexibility index (Phi) is 6.42. The maximum atomic E-state index is 13.2. The van der Waals surface area contributed by atoms with Crippen LogP contribution in [0.2, 0.25) is 0 Å². The molecule has 0 saturated heterocycles. The van der Waals surface area contributed by atoms with Crippen molar-refractivity contribution in [1.82, 2.24) is 5.32 Å². The minimum Gasteiger partial charge on any atom is -0.350 e. The molecule has 0 radical (unpaired) electrons. The van der Waals surface area contributed by atoms with E-state index in [0.29, 0.717) is 13.0 Å². The van der Waals surface area contributed by atoms with Crippen molar-refractivity contribution >= 4 is 17.5 Å². The van der Waals surface area contributed by atoms with Crippen LogP contribution in [0.5, 0.6) is 0 Å². The van der Waals surface area contributed by atoms with Crippen LogP contribution in [0.1, 0.15) is 38.2 Å². The molecule has 2 aromatic rings. The predicted octanol–water partition coefficient (Wildman–Crippen LogP) is 4.22. The number of rotatable bonds is 7. The van der Waals surface area contributed by atoms with E-state index < -0.39 is 6.04 Å². The molecule has 0 spiro atoms. The third kappa shape index (κ3) is 4.64. The van der Waals surface area contributed by atoms with Crippen molar-refractivity contribution in [3.63, 3.8) is 0 Å². The van der Waals surface area contributed by atoms with E-state index in [0.717, 1.165) is 36.1 Å². The Morgan fingerprint density at radius 1 is 1.04 bits per heavy atom. The fourth-order valence-electron chi connectivity index (χ4n) is 3.44. The highest BCUT2D eigenvalue weighted by Crippen LogP contribution is 2.26. The molecule has 27 heavy (non-hydrogen) atoms. The summed E-state index contributed by atoms with van der Waals surface area (Å²) in [6, 6.07) is 18.8. The molecule has 2 amide bonds. The quantitative estimate of drug-likeness (QED) is 0.801. The number of nitrogens with zero attached hydrogens (tertiary/aromatic N) is 1. The average molecular weight is 362 g/mol. The molecule has 4 nitrogen and oxygen atoms in total. The Labute approximate surface area is 160 Å². The minimum atomic E-state index is -0.537. The maximum absolute atomic E-state index is 13.2. The number of nitrogens with one attached hydrogen (secondary N) is 1. The van der Waals surface area contributed by atoms with Crippen molar-refractivity contribution < 1.29 is 9.59 Å². The van der Waals surface area contributed by atoms with Crippen LogP contribution in [0.15, 0.2) is 72.3 Å². The van der Waals surface area contributed by atoms with Crippen LogP contribution in [0.3, 0.4) is 0 Å². The molecule has 1 N–H and O–H groups in total. The highest BCUT2D eigenvalue weighted by Gasteiger charge is 2.31. The van der Waals surface area contributed by atoms with Crippen molar-refractivity contribution in [3.05, 3.63) is 77.9 Å². The van der Waals surface area contributed by atoms with E-state index in [-0.39, 0.29) is 11.8 Å². The van der Waals surface area contributed by atoms with Gasteiger partial charge in [-0.15, -0.1) is 0 Å². The first-order chi connectivity index (χ1) is 13.2. The third-order valence-electron chi connectivity index (χ3n) is 4.88. The minimum absolute atomic E-state index is 0.0552. The fourth-order valence-corrected chi connectivity index (χ4v) is 3.44. The zero-order valence-corrected chi connectivity index (χ0v) is 15.7. The van der Waals surface area contributed by atoms with Crippen LogP contribution in [-0.2, 0) is 16.1 Å². The summed E-state index contributed by atoms with van der Waals surface area (Å²) in [4.78, 5) is 27.8. The van der Waals surface area contributed by atoms with E-state index in [1.165, 1.54) is 0 Å². The summed E-state index contributed by atoms with van der Waals surface area (Å²) in [6.45, 7) is 2.40. The highest BCUT2D eigenvalue weighted by molar-refractivity contribution is 6.09. The van der Waals surface area contributed by atoms with Gasteiger partial charge in [-0.1, -0.05) is 61.5 Å². The first kappa shape index (κ1) is 18.9. The molecular weight excluding hydrogens is 336 g/mol. The second-order valence-electron chi connectivity index (χ2n) is 6.76. The van der Waals surface area contributed by atoms with Crippen molar-refractivity contribution in [2.75, 3.05) is 4.90 Å². The Morgan fingerprint density at radius 2 is 1.70 bits per heavy atom. The molecule has 0 fully saturated rings. The van der Waals surface area contributed by atoms with Gasteiger partial charge < -0.3 is 5.32 Å². The summed E-state index contributed by atoms with van der Waals surface area (Å²) in [5.74, 6) is -0.183. The Balaban J connectivity index is 1.82. The van der Waals surface area contributed by atoms with E-state index in [9.17, 15) is 9.59 Å². The fraction of sp³-hybridized carbons (Fsp3) is 0.304. The van der Waals surface area contributed by atoms with Gasteiger partial charge in [-0.25, -0.2) is 0 Å². The summed E-state index contributed by atoms with van der Waals surface area (Å²) in [6.07, 6.45) is 5.27. The lowest BCUT2D eigenvalue weighted by Gasteiger charge is -2.31. The normalized spacial score (nSPS) is 14.3. The van der Waals surface area contributed by atoms with E-state index in [4.69, 9.17) is 0 Å². The SMILES string of the molecule is CCC(C(=O)NCc1ccccc1)N(C(=O)C1=CCCC1)c1ccccc1. The van der Waals surface area contributed by atoms with Gasteiger partial charge in [-0.05, 0) is 43.4 Å². The molecule has 0 heterocycles. The number of hydrogen-bond acceptors (Lipinski definition) is 2. The van der Waals surface area contributed by atoms with Gasteiger partial charge in [0.15, 0.2) is 0 Å². The topological polar surface area (TPSA) is 49.4 Å². The van der Waals surface area contributed by atoms with Gasteiger partial charge in [0.25, 0.3) is 5.91 Å². The molecule has 4 heteroatoms. The van der Waals surface area contributed by atoms with Crippen LogP contribution in [-0.4, -0.2) is 17.9 Å². The Hall–Kier alpha value is -2.88. The summed E-state index contributed by atoms with van der Waals surface area (Å²) in [5.41, 5.74) is 2.61. The predicted molar refractivity (Wildman–Crippen MR) is 108 cm³/mol. The van der Waals surface area contributed by atoms with E-state index >= 15 is 0 Å². The van der Waals surface area contributed by atoms with Gasteiger partial charge in [0.1, 0.15) is 6.04 Å². The zero-order valence-electron chi connectivity index (χ0n) is 15.7. The second kappa shape index (κ2) is 9.17. The molecule has 3 rings (SSSR count). The molecule has 140 valence electrons. The van der Waals surface area contributed by atoms with Gasteiger partial charge in [0.2, 0.25) is 5.91 Å². The molecule has 1 aliphatic carbocycles. The monoisotopic (exact) mass is 362 g/mol. The van der Waals surface area contributed by atoms with Crippen molar-refractivity contribution in [1.29, 1.82) is 0 Å². The summed E-state index contributed by atoms with van der Waals surface area (Å²) < 4.78 is 0. The van der Waals surface area contributed by atoms with Crippen molar-refractivity contribution in [3.8, 4) is 0 Å². The number of allylic oxidation sites excluding steroid dienone is 1. The van der Waals surface area contributed by atoms with Crippen molar-refractivity contribution in [2.45, 2.75) is 45.2 Å². The lowest BCUT2D eigenvalue weighted by Crippen LogP contribution is -2.50. The molecule has 0 bridgehead atoms. The van der Waals surface area contributed by atoms with Crippen LogP contribution in [0, 0.1) is 0 Å². The van der Waals surface area contributed by atoms with Gasteiger partial charge in [-0.3, -0.25) is 14.5 Å². The number of anilines is 1. The molecule has 0 aliphatic heterocycles. The number of para-hydroxylation sites is 1. The third-order valence-corrected chi connectivity index (χ3v) is 4.88. The largest absolute Gasteiger partial charge is 0.350 e. The van der Waals surface area contributed by atoms with Gasteiger partial charge in [-0.2, -0.15) is 0 Å². The molecular formula is C23H26N2O2. The molecule has 1 unspecified atom stereocenters. The van der Waals surface area contributed by atoms with Gasteiger partial charge in [0.05, 0.1) is 0 Å². The van der Waals surface area contributed by atoms with Gasteiger partial charge in [0, 0.05) is 17.8 Å². The molecule has 1 aliphatic rings. The molecule has 2 aromatic carbocycles. The maximum Gasteiger partial charge on any atom is 0.254 e. The van der Waals surface area contributed by atoms with E-state index in [1.54, 1.807) is 4.90 Å². The number of carbonyl (C=O) groups is 2. The summed E-state index contributed by atoms with van der Waals surface area (Å²) >= 11 is 0. The number of hydrogen-bond donors (Lipinski definition) is 1. The number of benzene rings is 2. The van der Waals surface area contributed by atoms with E-state index in [2.05, 4.69) is 5.32 Å². The van der Waals surface area contributed by atoms with Crippen molar-refractivity contribution in [2.24, 2.45) is 0 Å². The average Bonchev–Trinajstić information content (AvgIpc) is 3.26. The Morgan fingerprint density at radius 3 is 2.30 bits per heavy atom. The lowest BCUT2D eigenvalue weighted by molar-refractivity contribution is -0.125. The Bertz CT molecular complexity index is 800. The second-order valence-corrected chi connectivity index (χ2v) is 6.76. The van der Waals surface area contributed by atoms with Crippen LogP contribution < -0.4 is 10.2 Å². The standard InChI is InChI=1S/C23H26N2O2/c1-2-21(22(26)24-17-18-11-5-3-6-12-18)25(20-15-7-4-8-16-20)23(27)19-13-9-10-14-19/h3-8,11-13,15-16,21H,2,9-10,14,17H2,1H3,(H,24,26). The summed E-state index contributed by atoms with van der Waals surface area (Å²) in [7, 11) is 0. The molecule has 0 aromatic heterocycles. The van der Waals surface area contributed by atoms with Crippen LogP contribution in [0.25, 0.3) is 0 Å². The molecule has 0 saturated carbocycles.